The molecule has 6 nitrogen and oxygen atoms in total. The maximum atomic E-state index is 12.4. The molecule has 4 rings (SSSR count). The van der Waals surface area contributed by atoms with Gasteiger partial charge in [-0.25, -0.2) is 9.97 Å². The third-order valence-corrected chi connectivity index (χ3v) is 7.37. The summed E-state index contributed by atoms with van der Waals surface area (Å²) in [6.07, 6.45) is 2.36. The number of hydrogen-bond acceptors (Lipinski definition) is 8. The van der Waals surface area contributed by atoms with Gasteiger partial charge in [0.2, 0.25) is 11.0 Å². The molecule has 0 atom stereocenters. The van der Waals surface area contributed by atoms with Crippen molar-refractivity contribution in [1.82, 2.24) is 20.2 Å². The molecule has 0 aliphatic carbocycles. The summed E-state index contributed by atoms with van der Waals surface area (Å²) < 4.78 is 0. The first-order valence-electron chi connectivity index (χ1n) is 9.10. The summed E-state index contributed by atoms with van der Waals surface area (Å²) in [5.74, 6) is 0.124. The highest BCUT2D eigenvalue weighted by Gasteiger charge is 2.16. The first-order valence-corrected chi connectivity index (χ1v) is 11.8. The van der Waals surface area contributed by atoms with Gasteiger partial charge < -0.3 is 0 Å². The molecule has 0 aliphatic rings. The minimum absolute atomic E-state index is 0.122. The second-order valence-electron chi connectivity index (χ2n) is 6.50. The molecule has 1 amide bonds. The molecule has 1 aromatic carbocycles. The lowest BCUT2D eigenvalue weighted by atomic mass is 10.0. The lowest BCUT2D eigenvalue weighted by Gasteiger charge is -2.07. The van der Waals surface area contributed by atoms with Gasteiger partial charge in [0.1, 0.15) is 21.2 Å². The maximum Gasteiger partial charge on any atom is 0.236 e. The summed E-state index contributed by atoms with van der Waals surface area (Å²) in [5, 5.41) is 16.2. The number of anilines is 1. The van der Waals surface area contributed by atoms with E-state index in [1.54, 1.807) is 17.7 Å². The van der Waals surface area contributed by atoms with Gasteiger partial charge in [-0.05, 0) is 37.0 Å². The number of nitrogens with one attached hydrogen (secondary N) is 1. The zero-order chi connectivity index (χ0) is 20.4. The Balaban J connectivity index is 1.56. The van der Waals surface area contributed by atoms with Crippen molar-refractivity contribution in [3.05, 3.63) is 46.0 Å². The van der Waals surface area contributed by atoms with Gasteiger partial charge in [-0.15, -0.1) is 21.5 Å². The number of rotatable bonds is 6. The van der Waals surface area contributed by atoms with Crippen molar-refractivity contribution in [2.45, 2.75) is 32.2 Å². The smallest absolute Gasteiger partial charge is 0.236 e. The molecule has 0 aliphatic heterocycles. The third-order valence-electron chi connectivity index (χ3n) is 4.51. The lowest BCUT2D eigenvalue weighted by molar-refractivity contribution is -0.113. The van der Waals surface area contributed by atoms with Gasteiger partial charge in [-0.3, -0.25) is 10.1 Å². The van der Waals surface area contributed by atoms with Crippen LogP contribution in [0, 0.1) is 13.8 Å². The Hall–Kier alpha value is -2.36. The number of amides is 1. The number of thiophene rings is 1. The van der Waals surface area contributed by atoms with Crippen molar-refractivity contribution >= 4 is 55.7 Å². The Morgan fingerprint density at radius 3 is 2.79 bits per heavy atom. The standard InChI is InChI=1S/C20H19N5OS3/c1-4-16-24-25-20(29-16)23-15(26)9-28-19-17-14(8-27-18(17)21-10-22-19)13-6-5-11(2)12(3)7-13/h5-8,10H,4,9H2,1-3H3,(H,23,25,26). The number of benzene rings is 1. The van der Waals surface area contributed by atoms with Crippen LogP contribution < -0.4 is 5.32 Å². The normalized spacial score (nSPS) is 11.1. The molecule has 148 valence electrons. The lowest BCUT2D eigenvalue weighted by Crippen LogP contribution is -2.14. The zero-order valence-corrected chi connectivity index (χ0v) is 18.7. The average molecular weight is 442 g/mol. The number of thioether (sulfide) groups is 1. The van der Waals surface area contributed by atoms with Crippen LogP contribution in [0.4, 0.5) is 5.13 Å². The van der Waals surface area contributed by atoms with Gasteiger partial charge >= 0.3 is 0 Å². The fraction of sp³-hybridized carbons (Fsp3) is 0.250. The summed E-state index contributed by atoms with van der Waals surface area (Å²) in [6, 6.07) is 6.44. The molecule has 29 heavy (non-hydrogen) atoms. The van der Waals surface area contributed by atoms with Gasteiger partial charge in [-0.1, -0.05) is 48.2 Å². The van der Waals surface area contributed by atoms with Crippen LogP contribution >= 0.6 is 34.4 Å². The fourth-order valence-corrected chi connectivity index (χ4v) is 5.30. The van der Waals surface area contributed by atoms with E-state index in [0.717, 1.165) is 37.8 Å². The number of hydrogen-bond donors (Lipinski definition) is 1. The number of fused-ring (bicyclic) bond motifs is 1. The predicted octanol–water partition coefficient (Wildman–Crippen LogP) is 5.12. The monoisotopic (exact) mass is 441 g/mol. The van der Waals surface area contributed by atoms with Gasteiger partial charge in [0.05, 0.1) is 11.1 Å². The maximum absolute atomic E-state index is 12.4. The SMILES string of the molecule is CCc1nnc(NC(=O)CSc2ncnc3scc(-c4ccc(C)c(C)c4)c23)s1. The van der Waals surface area contributed by atoms with Crippen LogP contribution in [0.25, 0.3) is 21.3 Å². The van der Waals surface area contributed by atoms with Crippen LogP contribution in [0.2, 0.25) is 0 Å². The highest BCUT2D eigenvalue weighted by molar-refractivity contribution is 8.00. The molecule has 0 unspecified atom stereocenters. The molecule has 1 N–H and O–H groups in total. The molecule has 9 heteroatoms. The van der Waals surface area contributed by atoms with Gasteiger partial charge in [0.25, 0.3) is 0 Å². The molecular formula is C20H19N5OS3. The van der Waals surface area contributed by atoms with Crippen LogP contribution in [0.5, 0.6) is 0 Å². The van der Waals surface area contributed by atoms with Crippen LogP contribution in [0.1, 0.15) is 23.1 Å². The van der Waals surface area contributed by atoms with Gasteiger partial charge in [0, 0.05) is 10.9 Å². The van der Waals surface area contributed by atoms with Crippen molar-refractivity contribution in [1.29, 1.82) is 0 Å². The molecular weight excluding hydrogens is 422 g/mol. The van der Waals surface area contributed by atoms with E-state index in [-0.39, 0.29) is 11.7 Å². The molecule has 3 aromatic heterocycles. The minimum Gasteiger partial charge on any atom is -0.300 e. The van der Waals surface area contributed by atoms with E-state index >= 15 is 0 Å². The van der Waals surface area contributed by atoms with E-state index in [2.05, 4.69) is 62.9 Å². The zero-order valence-electron chi connectivity index (χ0n) is 16.2. The summed E-state index contributed by atoms with van der Waals surface area (Å²) in [5.41, 5.74) is 4.75. The van der Waals surface area contributed by atoms with Crippen molar-refractivity contribution < 1.29 is 4.79 Å². The van der Waals surface area contributed by atoms with Crippen LogP contribution in [0.3, 0.4) is 0 Å². The summed E-state index contributed by atoms with van der Waals surface area (Å²) in [7, 11) is 0. The Morgan fingerprint density at radius 2 is 2.03 bits per heavy atom. The molecule has 0 saturated carbocycles. The highest BCUT2D eigenvalue weighted by Crippen LogP contribution is 2.38. The molecule has 0 fully saturated rings. The third kappa shape index (κ3) is 4.31. The molecule has 0 spiro atoms. The van der Waals surface area contributed by atoms with Crippen molar-refractivity contribution in [3.63, 3.8) is 0 Å². The number of aromatic nitrogens is 4. The van der Waals surface area contributed by atoms with E-state index in [0.29, 0.717) is 5.13 Å². The van der Waals surface area contributed by atoms with Crippen LogP contribution in [-0.4, -0.2) is 31.8 Å². The summed E-state index contributed by atoms with van der Waals surface area (Å²) in [4.78, 5) is 22.2. The fourth-order valence-electron chi connectivity index (χ4n) is 2.81. The predicted molar refractivity (Wildman–Crippen MR) is 121 cm³/mol. The second kappa shape index (κ2) is 8.56. The van der Waals surface area contributed by atoms with Crippen LogP contribution in [-0.2, 0) is 11.2 Å². The number of nitrogens with zero attached hydrogens (tertiary/aromatic N) is 4. The van der Waals surface area contributed by atoms with Gasteiger partial charge in [-0.2, -0.15) is 0 Å². The van der Waals surface area contributed by atoms with E-state index in [1.807, 2.05) is 6.92 Å². The van der Waals surface area contributed by atoms with Gasteiger partial charge in [0.15, 0.2) is 0 Å². The molecule has 0 bridgehead atoms. The van der Waals surface area contributed by atoms with E-state index in [4.69, 9.17) is 0 Å². The average Bonchev–Trinajstić information content (AvgIpc) is 3.35. The number of carbonyl (C=O) groups excluding carboxylic acids is 1. The number of aryl methyl sites for hydroxylation is 3. The van der Waals surface area contributed by atoms with Crippen LogP contribution in [0.15, 0.2) is 34.9 Å². The largest absolute Gasteiger partial charge is 0.300 e. The Bertz CT molecular complexity index is 1180. The Labute approximate surface area is 180 Å². The molecule has 0 saturated heterocycles. The Kier molecular flexibility index (Phi) is 5.89. The van der Waals surface area contributed by atoms with Crippen molar-refractivity contribution in [3.8, 4) is 11.1 Å². The molecule has 4 aromatic rings. The molecule has 0 radical (unpaired) electrons. The van der Waals surface area contributed by atoms with Crippen molar-refractivity contribution in [2.24, 2.45) is 0 Å². The van der Waals surface area contributed by atoms with E-state index < -0.39 is 0 Å². The first-order chi connectivity index (χ1) is 14.0. The second-order valence-corrected chi connectivity index (χ2v) is 9.38. The highest BCUT2D eigenvalue weighted by atomic mass is 32.2. The van der Waals surface area contributed by atoms with E-state index in [1.165, 1.54) is 34.2 Å². The first kappa shape index (κ1) is 19.9. The summed E-state index contributed by atoms with van der Waals surface area (Å²) >= 11 is 4.41. The number of carbonyl (C=O) groups is 1. The Morgan fingerprint density at radius 1 is 1.17 bits per heavy atom. The summed E-state index contributed by atoms with van der Waals surface area (Å²) in [6.45, 7) is 6.23. The minimum atomic E-state index is -0.122. The molecule has 3 heterocycles. The quantitative estimate of drug-likeness (QED) is 0.330. The topological polar surface area (TPSA) is 80.7 Å². The van der Waals surface area contributed by atoms with E-state index in [9.17, 15) is 4.79 Å². The van der Waals surface area contributed by atoms with Crippen molar-refractivity contribution in [2.75, 3.05) is 11.1 Å².